The van der Waals surface area contributed by atoms with Crippen LogP contribution in [0.15, 0.2) is 22.7 Å². The van der Waals surface area contributed by atoms with E-state index < -0.39 is 5.82 Å². The molecular formula is C12H14BrFN2O. The van der Waals surface area contributed by atoms with Crippen LogP contribution in [0.1, 0.15) is 17.3 Å². The molecule has 2 atom stereocenters. The molecule has 1 aromatic rings. The molecule has 0 aromatic heterocycles. The Morgan fingerprint density at radius 1 is 1.53 bits per heavy atom. The van der Waals surface area contributed by atoms with Crippen LogP contribution in [-0.4, -0.2) is 29.9 Å². The van der Waals surface area contributed by atoms with E-state index in [1.54, 1.807) is 17.0 Å². The van der Waals surface area contributed by atoms with Gasteiger partial charge in [-0.3, -0.25) is 4.79 Å². The first-order chi connectivity index (χ1) is 7.99. The van der Waals surface area contributed by atoms with Gasteiger partial charge in [0.2, 0.25) is 0 Å². The molecule has 2 rings (SSSR count). The van der Waals surface area contributed by atoms with Crippen molar-refractivity contribution in [1.29, 1.82) is 0 Å². The molecule has 1 aliphatic heterocycles. The number of hydrogen-bond donors (Lipinski definition) is 1. The molecule has 1 amide bonds. The molecule has 3 nitrogen and oxygen atoms in total. The molecule has 2 N–H and O–H groups in total. The van der Waals surface area contributed by atoms with Gasteiger partial charge in [-0.15, -0.1) is 0 Å². The van der Waals surface area contributed by atoms with Gasteiger partial charge in [-0.1, -0.05) is 6.92 Å². The average Bonchev–Trinajstić information content (AvgIpc) is 2.62. The Kier molecular flexibility index (Phi) is 3.49. The van der Waals surface area contributed by atoms with Crippen LogP contribution in [0.2, 0.25) is 0 Å². The van der Waals surface area contributed by atoms with Gasteiger partial charge in [0.15, 0.2) is 0 Å². The minimum absolute atomic E-state index is 0.0132. The third kappa shape index (κ3) is 2.50. The van der Waals surface area contributed by atoms with E-state index in [0.29, 0.717) is 29.0 Å². The Morgan fingerprint density at radius 3 is 2.76 bits per heavy atom. The summed E-state index contributed by atoms with van der Waals surface area (Å²) in [6.07, 6.45) is 0. The van der Waals surface area contributed by atoms with Crippen LogP contribution < -0.4 is 5.73 Å². The minimum atomic E-state index is -0.424. The van der Waals surface area contributed by atoms with Crippen molar-refractivity contribution < 1.29 is 9.18 Å². The van der Waals surface area contributed by atoms with Gasteiger partial charge >= 0.3 is 0 Å². The zero-order valence-electron chi connectivity index (χ0n) is 9.49. The van der Waals surface area contributed by atoms with Crippen LogP contribution in [0.5, 0.6) is 0 Å². The predicted molar refractivity (Wildman–Crippen MR) is 67.1 cm³/mol. The van der Waals surface area contributed by atoms with E-state index in [2.05, 4.69) is 15.9 Å². The number of nitrogens with two attached hydrogens (primary N) is 1. The maximum absolute atomic E-state index is 13.3. The van der Waals surface area contributed by atoms with Crippen LogP contribution in [0.25, 0.3) is 0 Å². The first kappa shape index (κ1) is 12.5. The quantitative estimate of drug-likeness (QED) is 0.862. The number of amides is 1. The molecule has 17 heavy (non-hydrogen) atoms. The molecule has 5 heteroatoms. The zero-order valence-corrected chi connectivity index (χ0v) is 11.1. The van der Waals surface area contributed by atoms with Crippen LogP contribution in [0, 0.1) is 11.7 Å². The maximum atomic E-state index is 13.3. The molecule has 0 spiro atoms. The molecule has 0 radical (unpaired) electrons. The highest BCUT2D eigenvalue weighted by atomic mass is 79.9. The number of halogens is 2. The fourth-order valence-corrected chi connectivity index (χ4v) is 2.22. The van der Waals surface area contributed by atoms with Crippen molar-refractivity contribution in [2.24, 2.45) is 11.7 Å². The number of benzene rings is 1. The lowest BCUT2D eigenvalue weighted by molar-refractivity contribution is 0.0786. The SMILES string of the molecule is CC1CN(C(=O)c2ccc(Br)c(F)c2)CC1N. The van der Waals surface area contributed by atoms with Crippen molar-refractivity contribution in [3.63, 3.8) is 0 Å². The average molecular weight is 301 g/mol. The lowest BCUT2D eigenvalue weighted by Crippen LogP contribution is -2.32. The lowest BCUT2D eigenvalue weighted by atomic mass is 10.1. The molecule has 1 fully saturated rings. The third-order valence-electron chi connectivity index (χ3n) is 3.12. The fourth-order valence-electron chi connectivity index (χ4n) is 1.97. The summed E-state index contributed by atoms with van der Waals surface area (Å²) in [5.74, 6) is -0.289. The molecule has 1 aromatic carbocycles. The second-order valence-electron chi connectivity index (χ2n) is 4.48. The van der Waals surface area contributed by atoms with Crippen molar-refractivity contribution in [2.45, 2.75) is 13.0 Å². The van der Waals surface area contributed by atoms with Gasteiger partial charge < -0.3 is 10.6 Å². The van der Waals surface area contributed by atoms with Gasteiger partial charge in [-0.2, -0.15) is 0 Å². The standard InChI is InChI=1S/C12H14BrFN2O/c1-7-5-16(6-11(7)15)12(17)8-2-3-9(13)10(14)4-8/h2-4,7,11H,5-6,15H2,1H3. The van der Waals surface area contributed by atoms with Gasteiger partial charge in [0.05, 0.1) is 4.47 Å². The van der Waals surface area contributed by atoms with E-state index >= 15 is 0 Å². The molecule has 1 aliphatic rings. The Balaban J connectivity index is 2.17. The lowest BCUT2D eigenvalue weighted by Gasteiger charge is -2.16. The van der Waals surface area contributed by atoms with E-state index in [9.17, 15) is 9.18 Å². The van der Waals surface area contributed by atoms with E-state index in [1.165, 1.54) is 6.07 Å². The normalized spacial score (nSPS) is 24.1. The summed E-state index contributed by atoms with van der Waals surface area (Å²) in [4.78, 5) is 13.8. The van der Waals surface area contributed by atoms with Crippen molar-refractivity contribution in [3.05, 3.63) is 34.1 Å². The molecule has 0 saturated carbocycles. The Labute approximate surface area is 108 Å². The van der Waals surface area contributed by atoms with Crippen LogP contribution >= 0.6 is 15.9 Å². The maximum Gasteiger partial charge on any atom is 0.254 e. The first-order valence-corrected chi connectivity index (χ1v) is 6.28. The van der Waals surface area contributed by atoms with Gasteiger partial charge in [0.1, 0.15) is 5.82 Å². The Bertz CT molecular complexity index is 442. The summed E-state index contributed by atoms with van der Waals surface area (Å²) in [6.45, 7) is 3.19. The molecule has 0 bridgehead atoms. The third-order valence-corrected chi connectivity index (χ3v) is 3.77. The number of carbonyl (C=O) groups excluding carboxylic acids is 1. The van der Waals surface area contributed by atoms with Crippen LogP contribution in [0.3, 0.4) is 0 Å². The van der Waals surface area contributed by atoms with Crippen LogP contribution in [-0.2, 0) is 0 Å². The fraction of sp³-hybridized carbons (Fsp3) is 0.417. The monoisotopic (exact) mass is 300 g/mol. The van der Waals surface area contributed by atoms with Gasteiger partial charge in [-0.25, -0.2) is 4.39 Å². The summed E-state index contributed by atoms with van der Waals surface area (Å²) >= 11 is 3.06. The topological polar surface area (TPSA) is 46.3 Å². The summed E-state index contributed by atoms with van der Waals surface area (Å²) in [6, 6.07) is 4.42. The highest BCUT2D eigenvalue weighted by molar-refractivity contribution is 9.10. The summed E-state index contributed by atoms with van der Waals surface area (Å²) in [7, 11) is 0. The smallest absolute Gasteiger partial charge is 0.254 e. The van der Waals surface area contributed by atoms with Crippen molar-refractivity contribution in [2.75, 3.05) is 13.1 Å². The summed E-state index contributed by atoms with van der Waals surface area (Å²) in [5, 5.41) is 0. The van der Waals surface area contributed by atoms with Crippen LogP contribution in [0.4, 0.5) is 4.39 Å². The van der Waals surface area contributed by atoms with Gasteiger partial charge in [-0.05, 0) is 40.0 Å². The van der Waals surface area contributed by atoms with Gasteiger partial charge in [0, 0.05) is 24.7 Å². The number of carbonyl (C=O) groups is 1. The molecular weight excluding hydrogens is 287 g/mol. The zero-order chi connectivity index (χ0) is 12.6. The van der Waals surface area contributed by atoms with E-state index in [-0.39, 0.29) is 11.9 Å². The summed E-state index contributed by atoms with van der Waals surface area (Å²) in [5.41, 5.74) is 6.23. The second kappa shape index (κ2) is 4.74. The molecule has 1 saturated heterocycles. The second-order valence-corrected chi connectivity index (χ2v) is 5.33. The number of hydrogen-bond acceptors (Lipinski definition) is 2. The molecule has 92 valence electrons. The highest BCUT2D eigenvalue weighted by Gasteiger charge is 2.30. The highest BCUT2D eigenvalue weighted by Crippen LogP contribution is 2.20. The summed E-state index contributed by atoms with van der Waals surface area (Å²) < 4.78 is 13.7. The first-order valence-electron chi connectivity index (χ1n) is 5.49. The Hall–Kier alpha value is -0.940. The van der Waals surface area contributed by atoms with E-state index in [4.69, 9.17) is 5.73 Å². The van der Waals surface area contributed by atoms with Gasteiger partial charge in [0.25, 0.3) is 5.91 Å². The largest absolute Gasteiger partial charge is 0.337 e. The van der Waals surface area contributed by atoms with E-state index in [1.807, 2.05) is 6.92 Å². The van der Waals surface area contributed by atoms with Crippen molar-refractivity contribution in [1.82, 2.24) is 4.90 Å². The molecule has 0 aliphatic carbocycles. The molecule has 1 heterocycles. The Morgan fingerprint density at radius 2 is 2.24 bits per heavy atom. The van der Waals surface area contributed by atoms with Crippen molar-refractivity contribution >= 4 is 21.8 Å². The van der Waals surface area contributed by atoms with Crippen molar-refractivity contribution in [3.8, 4) is 0 Å². The minimum Gasteiger partial charge on any atom is -0.337 e. The predicted octanol–water partition coefficient (Wildman–Crippen LogP) is 2.01. The van der Waals surface area contributed by atoms with E-state index in [0.717, 1.165) is 0 Å². The number of nitrogens with zero attached hydrogens (tertiary/aromatic N) is 1. The number of rotatable bonds is 1. The number of likely N-dealkylation sites (tertiary alicyclic amines) is 1. The molecule has 2 unspecified atom stereocenters.